The summed E-state index contributed by atoms with van der Waals surface area (Å²) in [7, 11) is 0. The summed E-state index contributed by atoms with van der Waals surface area (Å²) in [5.41, 5.74) is 12.2. The Morgan fingerprint density at radius 3 is 2.76 bits per heavy atom. The summed E-state index contributed by atoms with van der Waals surface area (Å²) in [4.78, 5) is 0. The van der Waals surface area contributed by atoms with Crippen LogP contribution in [0.15, 0.2) is 30.1 Å². The molecule has 1 aromatic rings. The van der Waals surface area contributed by atoms with Gasteiger partial charge in [0.1, 0.15) is 5.82 Å². The van der Waals surface area contributed by atoms with Crippen molar-refractivity contribution in [3.63, 3.8) is 0 Å². The average Bonchev–Trinajstić information content (AvgIpc) is 2.31. The first-order valence-electron chi connectivity index (χ1n) is 5.32. The molecule has 0 radical (unpaired) electrons. The van der Waals surface area contributed by atoms with Gasteiger partial charge in [-0.2, -0.15) is 0 Å². The van der Waals surface area contributed by atoms with Crippen LogP contribution >= 0.6 is 0 Å². The van der Waals surface area contributed by atoms with Crippen LogP contribution in [0.4, 0.5) is 15.8 Å². The Bertz CT molecular complexity index is 405. The van der Waals surface area contributed by atoms with E-state index in [0.717, 1.165) is 0 Å². The summed E-state index contributed by atoms with van der Waals surface area (Å²) in [6, 6.07) is 4.65. The maximum absolute atomic E-state index is 13.6. The lowest BCUT2D eigenvalue weighted by Crippen LogP contribution is -2.27. The van der Waals surface area contributed by atoms with Gasteiger partial charge < -0.3 is 16.8 Å². The van der Waals surface area contributed by atoms with E-state index >= 15 is 0 Å². The van der Waals surface area contributed by atoms with Crippen LogP contribution in [0.3, 0.4) is 0 Å². The highest BCUT2D eigenvalue weighted by molar-refractivity contribution is 5.56. The van der Waals surface area contributed by atoms with Crippen molar-refractivity contribution in [1.82, 2.24) is 0 Å². The molecule has 0 aliphatic carbocycles. The van der Waals surface area contributed by atoms with E-state index in [1.807, 2.05) is 6.92 Å². The molecule has 0 saturated heterocycles. The van der Waals surface area contributed by atoms with E-state index in [1.165, 1.54) is 17.3 Å². The molecule has 0 fully saturated rings. The fourth-order valence-corrected chi connectivity index (χ4v) is 1.30. The number of halogens is 1. The molecule has 0 atom stereocenters. The Morgan fingerprint density at radius 1 is 1.53 bits per heavy atom. The molecule has 0 aliphatic rings. The molecule has 0 unspecified atom stereocenters. The van der Waals surface area contributed by atoms with Gasteiger partial charge in [-0.05, 0) is 19.1 Å². The van der Waals surface area contributed by atoms with Crippen LogP contribution in [-0.4, -0.2) is 13.1 Å². The predicted molar refractivity (Wildman–Crippen MR) is 68.6 cm³/mol. The highest BCUT2D eigenvalue weighted by Gasteiger charge is 2.05. The number of nitrogens with two attached hydrogens (primary N) is 3. The number of hydrazine groups is 1. The van der Waals surface area contributed by atoms with Crippen molar-refractivity contribution < 1.29 is 4.39 Å². The second-order valence-electron chi connectivity index (χ2n) is 3.51. The lowest BCUT2D eigenvalue weighted by atomic mass is 10.2. The van der Waals surface area contributed by atoms with Crippen LogP contribution in [0.1, 0.15) is 6.92 Å². The summed E-state index contributed by atoms with van der Waals surface area (Å²) in [6.45, 7) is 2.75. The minimum atomic E-state index is -0.362. The van der Waals surface area contributed by atoms with E-state index in [1.54, 1.807) is 12.1 Å². The minimum absolute atomic E-state index is 0.200. The van der Waals surface area contributed by atoms with Crippen LogP contribution < -0.4 is 27.6 Å². The van der Waals surface area contributed by atoms with Gasteiger partial charge in [0.25, 0.3) is 0 Å². The van der Waals surface area contributed by atoms with Crippen LogP contribution in [0.25, 0.3) is 0 Å². The standard InChI is InChI=1S/C11H18FN5/c1-2-16-11-4-3-9(5-10(11)12)17(15)7-8(14)6-13/h3-5,7,16H,2,6,13-15H2,1H3/b8-7-. The van der Waals surface area contributed by atoms with Crippen LogP contribution in [0.5, 0.6) is 0 Å². The molecular formula is C11H18FN5. The first-order chi connectivity index (χ1) is 8.08. The Kier molecular flexibility index (Phi) is 4.74. The maximum atomic E-state index is 13.6. The largest absolute Gasteiger partial charge is 0.400 e. The first kappa shape index (κ1) is 13.3. The van der Waals surface area contributed by atoms with Gasteiger partial charge in [-0.15, -0.1) is 0 Å². The molecule has 0 aromatic heterocycles. The third kappa shape index (κ3) is 3.61. The van der Waals surface area contributed by atoms with Crippen molar-refractivity contribution in [2.45, 2.75) is 6.92 Å². The third-order valence-electron chi connectivity index (χ3n) is 2.16. The Balaban J connectivity index is 2.89. The zero-order valence-electron chi connectivity index (χ0n) is 9.78. The lowest BCUT2D eigenvalue weighted by Gasteiger charge is -2.16. The van der Waals surface area contributed by atoms with Crippen molar-refractivity contribution in [3.05, 3.63) is 35.9 Å². The van der Waals surface area contributed by atoms with E-state index in [9.17, 15) is 4.39 Å². The topological polar surface area (TPSA) is 93.3 Å². The van der Waals surface area contributed by atoms with Gasteiger partial charge in [0.05, 0.1) is 11.4 Å². The van der Waals surface area contributed by atoms with Gasteiger partial charge in [0.15, 0.2) is 0 Å². The van der Waals surface area contributed by atoms with E-state index in [2.05, 4.69) is 5.32 Å². The molecular weight excluding hydrogens is 221 g/mol. The predicted octanol–water partition coefficient (Wildman–Crippen LogP) is 0.696. The fraction of sp³-hybridized carbons (Fsp3) is 0.273. The van der Waals surface area contributed by atoms with Crippen molar-refractivity contribution in [1.29, 1.82) is 0 Å². The average molecular weight is 239 g/mol. The second kappa shape index (κ2) is 6.07. The summed E-state index contributed by atoms with van der Waals surface area (Å²) in [6.07, 6.45) is 1.46. The fourth-order valence-electron chi connectivity index (χ4n) is 1.30. The highest BCUT2D eigenvalue weighted by Crippen LogP contribution is 2.20. The lowest BCUT2D eigenvalue weighted by molar-refractivity contribution is 0.630. The zero-order valence-corrected chi connectivity index (χ0v) is 9.78. The third-order valence-corrected chi connectivity index (χ3v) is 2.16. The quantitative estimate of drug-likeness (QED) is 0.448. The van der Waals surface area contributed by atoms with Crippen LogP contribution in [0, 0.1) is 5.82 Å². The van der Waals surface area contributed by atoms with Crippen LogP contribution in [0.2, 0.25) is 0 Å². The smallest absolute Gasteiger partial charge is 0.148 e. The molecule has 1 aromatic carbocycles. The van der Waals surface area contributed by atoms with Gasteiger partial charge in [-0.1, -0.05) is 0 Å². The summed E-state index contributed by atoms with van der Waals surface area (Å²) in [5.74, 6) is 5.34. The molecule has 0 bridgehead atoms. The molecule has 17 heavy (non-hydrogen) atoms. The molecule has 1 rings (SSSR count). The molecule has 0 saturated carbocycles. The van der Waals surface area contributed by atoms with Crippen molar-refractivity contribution in [2.24, 2.45) is 17.3 Å². The Hall–Kier alpha value is -1.79. The molecule has 94 valence electrons. The molecule has 0 aliphatic heterocycles. The zero-order chi connectivity index (χ0) is 12.8. The first-order valence-corrected chi connectivity index (χ1v) is 5.32. The molecule has 5 nitrogen and oxygen atoms in total. The van der Waals surface area contributed by atoms with Gasteiger partial charge in [0, 0.05) is 31.1 Å². The molecule has 0 heterocycles. The minimum Gasteiger partial charge on any atom is -0.400 e. The number of anilines is 2. The monoisotopic (exact) mass is 239 g/mol. The van der Waals surface area contributed by atoms with E-state index in [4.69, 9.17) is 17.3 Å². The second-order valence-corrected chi connectivity index (χ2v) is 3.51. The van der Waals surface area contributed by atoms with Gasteiger partial charge in [-0.3, -0.25) is 5.01 Å². The Morgan fingerprint density at radius 2 is 2.24 bits per heavy atom. The molecule has 6 heteroatoms. The van der Waals surface area contributed by atoms with E-state index in [-0.39, 0.29) is 12.4 Å². The maximum Gasteiger partial charge on any atom is 0.148 e. The number of hydrogen-bond donors (Lipinski definition) is 4. The summed E-state index contributed by atoms with van der Waals surface area (Å²) >= 11 is 0. The molecule has 7 N–H and O–H groups in total. The van der Waals surface area contributed by atoms with E-state index in [0.29, 0.717) is 23.6 Å². The number of hydrogen-bond acceptors (Lipinski definition) is 5. The molecule has 0 amide bonds. The van der Waals surface area contributed by atoms with Gasteiger partial charge in [-0.25, -0.2) is 10.2 Å². The van der Waals surface area contributed by atoms with Gasteiger partial charge >= 0.3 is 0 Å². The SMILES string of the molecule is CCNc1ccc(N(N)/C=C(\N)CN)cc1F. The Labute approximate surface area is 100 Å². The van der Waals surface area contributed by atoms with E-state index < -0.39 is 0 Å². The highest BCUT2D eigenvalue weighted by atomic mass is 19.1. The van der Waals surface area contributed by atoms with Crippen molar-refractivity contribution in [2.75, 3.05) is 23.4 Å². The normalized spacial score (nSPS) is 11.4. The van der Waals surface area contributed by atoms with Crippen molar-refractivity contribution >= 4 is 11.4 Å². The number of benzene rings is 1. The number of rotatable bonds is 5. The number of nitrogens with zero attached hydrogens (tertiary/aromatic N) is 1. The van der Waals surface area contributed by atoms with Gasteiger partial charge in [0.2, 0.25) is 0 Å². The summed E-state index contributed by atoms with van der Waals surface area (Å²) in [5, 5.41) is 4.14. The molecule has 0 spiro atoms. The number of nitrogens with one attached hydrogen (secondary N) is 1. The summed E-state index contributed by atoms with van der Waals surface area (Å²) < 4.78 is 13.6. The van der Waals surface area contributed by atoms with Crippen molar-refractivity contribution in [3.8, 4) is 0 Å². The van der Waals surface area contributed by atoms with Crippen LogP contribution in [-0.2, 0) is 0 Å².